The fraction of sp³-hybridized carbons (Fsp3) is 0.438. The molecule has 0 bridgehead atoms. The van der Waals surface area contributed by atoms with Crippen molar-refractivity contribution >= 4 is 10.0 Å². The first-order chi connectivity index (χ1) is 10.9. The average molecular weight is 336 g/mol. The molecule has 2 N–H and O–H groups in total. The second kappa shape index (κ2) is 7.72. The highest BCUT2D eigenvalue weighted by Crippen LogP contribution is 2.12. The van der Waals surface area contributed by atoms with E-state index in [1.165, 1.54) is 0 Å². The average Bonchev–Trinajstić information content (AvgIpc) is 2.84. The lowest BCUT2D eigenvalue weighted by Gasteiger charge is -2.13. The van der Waals surface area contributed by atoms with Crippen molar-refractivity contribution in [2.75, 3.05) is 0 Å². The highest BCUT2D eigenvalue weighted by Gasteiger charge is 2.15. The van der Waals surface area contributed by atoms with Gasteiger partial charge < -0.3 is 5.32 Å². The molecule has 0 atom stereocenters. The molecule has 2 aromatic rings. The summed E-state index contributed by atoms with van der Waals surface area (Å²) in [6, 6.07) is 7.51. The molecule has 0 radical (unpaired) electrons. The second-order valence-corrected chi connectivity index (χ2v) is 7.68. The second-order valence-electron chi connectivity index (χ2n) is 5.93. The molecule has 0 saturated carbocycles. The van der Waals surface area contributed by atoms with Gasteiger partial charge in [0.1, 0.15) is 0 Å². The zero-order valence-electron chi connectivity index (χ0n) is 13.8. The molecule has 7 heteroatoms. The largest absolute Gasteiger partial charge is 0.308 e. The zero-order chi connectivity index (χ0) is 16.9. The molecule has 126 valence electrons. The lowest BCUT2D eigenvalue weighted by Crippen LogP contribution is -2.31. The molecular weight excluding hydrogens is 312 g/mol. The van der Waals surface area contributed by atoms with Crippen molar-refractivity contribution in [2.24, 2.45) is 7.05 Å². The highest BCUT2D eigenvalue weighted by atomic mass is 32.2. The zero-order valence-corrected chi connectivity index (χ0v) is 14.6. The van der Waals surface area contributed by atoms with Crippen LogP contribution in [0, 0.1) is 0 Å². The van der Waals surface area contributed by atoms with Crippen molar-refractivity contribution < 1.29 is 8.42 Å². The van der Waals surface area contributed by atoms with Gasteiger partial charge in [0.25, 0.3) is 0 Å². The summed E-state index contributed by atoms with van der Waals surface area (Å²) in [6.07, 6.45) is 3.77. The first-order valence-electron chi connectivity index (χ1n) is 7.61. The van der Waals surface area contributed by atoms with Gasteiger partial charge in [-0.3, -0.25) is 4.68 Å². The molecule has 0 amide bonds. The van der Waals surface area contributed by atoms with Gasteiger partial charge >= 0.3 is 0 Å². The lowest BCUT2D eigenvalue weighted by molar-refractivity contribution is 0.568. The van der Waals surface area contributed by atoms with Gasteiger partial charge in [-0.1, -0.05) is 24.3 Å². The summed E-state index contributed by atoms with van der Waals surface area (Å²) in [5, 5.41) is 7.45. The molecule has 0 aliphatic rings. The molecule has 0 saturated heterocycles. The molecule has 0 aliphatic carbocycles. The summed E-state index contributed by atoms with van der Waals surface area (Å²) >= 11 is 0. The number of hydrogen-bond acceptors (Lipinski definition) is 4. The Labute approximate surface area is 138 Å². The van der Waals surface area contributed by atoms with E-state index in [4.69, 9.17) is 0 Å². The summed E-state index contributed by atoms with van der Waals surface area (Å²) in [5.74, 6) is -0.00404. The standard InChI is InChI=1S/C16H24N4O2S/c1-13(2)19-23(21,22)12-16-7-5-4-6-15(16)10-17-8-14-9-18-20(3)11-14/h4-7,9,11,13,17,19H,8,10,12H2,1-3H3. The maximum atomic E-state index is 12.1. The maximum absolute atomic E-state index is 12.1. The predicted octanol–water partition coefficient (Wildman–Crippen LogP) is 1.54. The van der Waals surface area contributed by atoms with E-state index in [2.05, 4.69) is 15.1 Å². The van der Waals surface area contributed by atoms with E-state index in [9.17, 15) is 8.42 Å². The Morgan fingerprint density at radius 3 is 2.48 bits per heavy atom. The van der Waals surface area contributed by atoms with Crippen LogP contribution in [0.25, 0.3) is 0 Å². The normalized spacial score (nSPS) is 12.0. The topological polar surface area (TPSA) is 76.0 Å². The Morgan fingerprint density at radius 1 is 1.17 bits per heavy atom. The van der Waals surface area contributed by atoms with Crippen LogP contribution in [0.5, 0.6) is 0 Å². The molecule has 23 heavy (non-hydrogen) atoms. The van der Waals surface area contributed by atoms with E-state index in [-0.39, 0.29) is 11.8 Å². The van der Waals surface area contributed by atoms with Gasteiger partial charge in [0.15, 0.2) is 0 Å². The smallest absolute Gasteiger partial charge is 0.216 e. The Balaban J connectivity index is 1.99. The summed E-state index contributed by atoms with van der Waals surface area (Å²) in [4.78, 5) is 0. The van der Waals surface area contributed by atoms with E-state index in [0.29, 0.717) is 13.1 Å². The minimum Gasteiger partial charge on any atom is -0.308 e. The molecule has 0 unspecified atom stereocenters. The van der Waals surface area contributed by atoms with E-state index < -0.39 is 10.0 Å². The van der Waals surface area contributed by atoms with Crippen LogP contribution in [0.1, 0.15) is 30.5 Å². The molecule has 1 heterocycles. The van der Waals surface area contributed by atoms with E-state index >= 15 is 0 Å². The van der Waals surface area contributed by atoms with Crippen LogP contribution < -0.4 is 10.0 Å². The SMILES string of the molecule is CC(C)NS(=O)(=O)Cc1ccccc1CNCc1cnn(C)c1. The van der Waals surface area contributed by atoms with Crippen LogP contribution in [0.15, 0.2) is 36.7 Å². The van der Waals surface area contributed by atoms with Gasteiger partial charge in [-0.2, -0.15) is 5.10 Å². The quantitative estimate of drug-likeness (QED) is 0.767. The Morgan fingerprint density at radius 2 is 1.87 bits per heavy atom. The van der Waals surface area contributed by atoms with Gasteiger partial charge in [0.2, 0.25) is 10.0 Å². The number of sulfonamides is 1. The Hall–Kier alpha value is -1.70. The fourth-order valence-electron chi connectivity index (χ4n) is 2.38. The van der Waals surface area contributed by atoms with Crippen molar-refractivity contribution in [1.82, 2.24) is 19.8 Å². The molecule has 0 fully saturated rings. The van der Waals surface area contributed by atoms with Crippen molar-refractivity contribution in [3.05, 3.63) is 53.3 Å². The summed E-state index contributed by atoms with van der Waals surface area (Å²) < 4.78 is 28.6. The number of rotatable bonds is 8. The monoisotopic (exact) mass is 336 g/mol. The number of aromatic nitrogens is 2. The van der Waals surface area contributed by atoms with Crippen LogP contribution in [0.2, 0.25) is 0 Å². The molecule has 0 spiro atoms. The van der Waals surface area contributed by atoms with Crippen LogP contribution in [0.4, 0.5) is 0 Å². The molecule has 0 aliphatic heterocycles. The van der Waals surface area contributed by atoms with Gasteiger partial charge in [0, 0.05) is 37.9 Å². The van der Waals surface area contributed by atoms with Gasteiger partial charge in [-0.15, -0.1) is 0 Å². The Bertz CT molecular complexity index is 738. The van der Waals surface area contributed by atoms with Crippen LogP contribution in [0.3, 0.4) is 0 Å². The molecule has 6 nitrogen and oxygen atoms in total. The van der Waals surface area contributed by atoms with Crippen molar-refractivity contribution in [1.29, 1.82) is 0 Å². The minimum absolute atomic E-state index is 0.00404. The van der Waals surface area contributed by atoms with E-state index in [1.807, 2.05) is 57.6 Å². The number of benzene rings is 1. The molecule has 1 aromatic heterocycles. The van der Waals surface area contributed by atoms with Gasteiger partial charge in [-0.05, 0) is 25.0 Å². The van der Waals surface area contributed by atoms with Crippen molar-refractivity contribution in [2.45, 2.75) is 38.7 Å². The van der Waals surface area contributed by atoms with Crippen LogP contribution >= 0.6 is 0 Å². The molecule has 1 aromatic carbocycles. The Kier molecular flexibility index (Phi) is 5.92. The van der Waals surface area contributed by atoms with Gasteiger partial charge in [0.05, 0.1) is 11.9 Å². The lowest BCUT2D eigenvalue weighted by atomic mass is 10.1. The minimum atomic E-state index is -3.32. The number of hydrogen-bond donors (Lipinski definition) is 2. The van der Waals surface area contributed by atoms with E-state index in [0.717, 1.165) is 16.7 Å². The van der Waals surface area contributed by atoms with Crippen molar-refractivity contribution in [3.8, 4) is 0 Å². The molecule has 2 rings (SSSR count). The first-order valence-corrected chi connectivity index (χ1v) is 9.26. The first kappa shape index (κ1) is 17.7. The third-order valence-corrected chi connectivity index (χ3v) is 4.80. The van der Waals surface area contributed by atoms with Crippen LogP contribution in [-0.4, -0.2) is 24.2 Å². The third kappa shape index (κ3) is 5.78. The predicted molar refractivity (Wildman–Crippen MR) is 91.1 cm³/mol. The fourth-order valence-corrected chi connectivity index (χ4v) is 3.87. The van der Waals surface area contributed by atoms with Crippen molar-refractivity contribution in [3.63, 3.8) is 0 Å². The summed E-state index contributed by atoms with van der Waals surface area (Å²) in [6.45, 7) is 4.94. The summed E-state index contributed by atoms with van der Waals surface area (Å²) in [7, 11) is -1.44. The number of nitrogens with one attached hydrogen (secondary N) is 2. The third-order valence-electron chi connectivity index (χ3n) is 3.28. The summed E-state index contributed by atoms with van der Waals surface area (Å²) in [5.41, 5.74) is 2.91. The van der Waals surface area contributed by atoms with E-state index in [1.54, 1.807) is 4.68 Å². The highest BCUT2D eigenvalue weighted by molar-refractivity contribution is 7.88. The van der Waals surface area contributed by atoms with Gasteiger partial charge in [-0.25, -0.2) is 13.1 Å². The molecular formula is C16H24N4O2S. The van der Waals surface area contributed by atoms with Crippen LogP contribution in [-0.2, 0) is 35.9 Å². The number of nitrogens with zero attached hydrogens (tertiary/aromatic N) is 2. The maximum Gasteiger partial charge on any atom is 0.216 e. The number of aryl methyl sites for hydroxylation is 1.